The van der Waals surface area contributed by atoms with Crippen LogP contribution in [-0.2, 0) is 6.42 Å². The number of likely N-dealkylation sites (N-methyl/N-ethyl adjacent to an activating group) is 1. The minimum Gasteiger partial charge on any atom is -0.313 e. The highest BCUT2D eigenvalue weighted by Crippen LogP contribution is 2.21. The lowest BCUT2D eigenvalue weighted by Crippen LogP contribution is -2.18. The van der Waals surface area contributed by atoms with Crippen LogP contribution in [0.2, 0.25) is 5.02 Å². The minimum atomic E-state index is -0.374. The van der Waals surface area contributed by atoms with Gasteiger partial charge in [0.25, 0.3) is 0 Å². The Morgan fingerprint density at radius 2 is 1.89 bits per heavy atom. The Labute approximate surface area is 112 Å². The van der Waals surface area contributed by atoms with Crippen LogP contribution in [0, 0.1) is 5.82 Å². The molecule has 2 aromatic carbocycles. The maximum atomic E-state index is 13.1. The Balaban J connectivity index is 2.18. The fraction of sp³-hybridized carbons (Fsp3) is 0.200. The Morgan fingerprint density at radius 1 is 1.17 bits per heavy atom. The molecular weight excluding hydrogens is 249 g/mol. The molecule has 0 saturated heterocycles. The summed E-state index contributed by atoms with van der Waals surface area (Å²) in [5.41, 5.74) is 2.23. The van der Waals surface area contributed by atoms with Crippen LogP contribution in [0.3, 0.4) is 0 Å². The van der Waals surface area contributed by atoms with Gasteiger partial charge in [0, 0.05) is 6.04 Å². The first-order valence-electron chi connectivity index (χ1n) is 5.87. The summed E-state index contributed by atoms with van der Waals surface area (Å²) in [6.45, 7) is 0. The van der Waals surface area contributed by atoms with Crippen LogP contribution < -0.4 is 5.32 Å². The van der Waals surface area contributed by atoms with Crippen molar-refractivity contribution in [2.45, 2.75) is 12.5 Å². The summed E-state index contributed by atoms with van der Waals surface area (Å²) in [4.78, 5) is 0. The van der Waals surface area contributed by atoms with Crippen molar-refractivity contribution in [3.8, 4) is 0 Å². The lowest BCUT2D eigenvalue weighted by Gasteiger charge is -2.17. The van der Waals surface area contributed by atoms with E-state index < -0.39 is 0 Å². The van der Waals surface area contributed by atoms with Gasteiger partial charge in [-0.15, -0.1) is 0 Å². The summed E-state index contributed by atoms with van der Waals surface area (Å²) in [6.07, 6.45) is 0.778. The van der Waals surface area contributed by atoms with E-state index in [0.717, 1.165) is 12.0 Å². The molecule has 0 amide bonds. The van der Waals surface area contributed by atoms with Gasteiger partial charge in [0.15, 0.2) is 0 Å². The van der Waals surface area contributed by atoms with Gasteiger partial charge in [-0.05, 0) is 36.7 Å². The SMILES string of the molecule is CNC(Cc1ccc(F)c(Cl)c1)c1ccccc1. The average molecular weight is 264 g/mol. The molecule has 0 heterocycles. The van der Waals surface area contributed by atoms with E-state index >= 15 is 0 Å². The normalized spacial score (nSPS) is 12.4. The first kappa shape index (κ1) is 13.1. The van der Waals surface area contributed by atoms with E-state index in [1.54, 1.807) is 12.1 Å². The molecule has 0 spiro atoms. The average Bonchev–Trinajstić information content (AvgIpc) is 2.41. The van der Waals surface area contributed by atoms with E-state index in [4.69, 9.17) is 11.6 Å². The third-order valence-corrected chi connectivity index (χ3v) is 3.26. The fourth-order valence-corrected chi connectivity index (χ4v) is 2.18. The Morgan fingerprint density at radius 3 is 2.50 bits per heavy atom. The zero-order valence-corrected chi connectivity index (χ0v) is 10.9. The molecule has 94 valence electrons. The first-order valence-corrected chi connectivity index (χ1v) is 6.24. The summed E-state index contributed by atoms with van der Waals surface area (Å²) in [6, 6.07) is 15.2. The molecule has 2 aromatic rings. The van der Waals surface area contributed by atoms with Gasteiger partial charge >= 0.3 is 0 Å². The number of hydrogen-bond acceptors (Lipinski definition) is 1. The highest BCUT2D eigenvalue weighted by molar-refractivity contribution is 6.30. The van der Waals surface area contributed by atoms with Crippen molar-refractivity contribution in [3.63, 3.8) is 0 Å². The fourth-order valence-electron chi connectivity index (χ4n) is 1.97. The summed E-state index contributed by atoms with van der Waals surface area (Å²) in [5.74, 6) is -0.374. The van der Waals surface area contributed by atoms with Crippen molar-refractivity contribution < 1.29 is 4.39 Å². The number of halogens is 2. The molecule has 1 N–H and O–H groups in total. The Bertz CT molecular complexity index is 513. The zero-order chi connectivity index (χ0) is 13.0. The summed E-state index contributed by atoms with van der Waals surface area (Å²) in [7, 11) is 1.92. The maximum absolute atomic E-state index is 13.1. The van der Waals surface area contributed by atoms with Gasteiger partial charge in [-0.1, -0.05) is 48.0 Å². The standard InChI is InChI=1S/C15H15ClFN/c1-18-15(12-5-3-2-4-6-12)10-11-7-8-14(17)13(16)9-11/h2-9,15,18H,10H2,1H3. The molecule has 0 radical (unpaired) electrons. The van der Waals surface area contributed by atoms with Gasteiger partial charge in [0.2, 0.25) is 0 Å². The smallest absolute Gasteiger partial charge is 0.141 e. The summed E-state index contributed by atoms with van der Waals surface area (Å²) >= 11 is 5.79. The van der Waals surface area contributed by atoms with Gasteiger partial charge < -0.3 is 5.32 Å². The molecule has 0 bridgehead atoms. The Kier molecular flexibility index (Phi) is 4.34. The predicted molar refractivity (Wildman–Crippen MR) is 73.4 cm³/mol. The molecule has 1 atom stereocenters. The molecule has 0 aliphatic heterocycles. The van der Waals surface area contributed by atoms with Gasteiger partial charge in [0.05, 0.1) is 5.02 Å². The molecular formula is C15H15ClFN. The third kappa shape index (κ3) is 3.09. The van der Waals surface area contributed by atoms with Crippen LogP contribution in [0.25, 0.3) is 0 Å². The van der Waals surface area contributed by atoms with E-state index in [2.05, 4.69) is 17.4 Å². The Hall–Kier alpha value is -1.38. The highest BCUT2D eigenvalue weighted by Gasteiger charge is 2.10. The van der Waals surface area contributed by atoms with Crippen molar-refractivity contribution in [2.75, 3.05) is 7.05 Å². The van der Waals surface area contributed by atoms with Crippen LogP contribution in [0.15, 0.2) is 48.5 Å². The quantitative estimate of drug-likeness (QED) is 0.880. The number of rotatable bonds is 4. The third-order valence-electron chi connectivity index (χ3n) is 2.97. The minimum absolute atomic E-state index is 0.176. The molecule has 0 aliphatic carbocycles. The van der Waals surface area contributed by atoms with Crippen molar-refractivity contribution in [2.24, 2.45) is 0 Å². The van der Waals surface area contributed by atoms with Crippen LogP contribution >= 0.6 is 11.6 Å². The molecule has 0 aromatic heterocycles. The van der Waals surface area contributed by atoms with Gasteiger partial charge in [-0.2, -0.15) is 0 Å². The molecule has 0 aliphatic rings. The maximum Gasteiger partial charge on any atom is 0.141 e. The molecule has 0 saturated carbocycles. The number of nitrogens with one attached hydrogen (secondary N) is 1. The van der Waals surface area contributed by atoms with Crippen LogP contribution in [0.1, 0.15) is 17.2 Å². The molecule has 0 fully saturated rings. The molecule has 18 heavy (non-hydrogen) atoms. The van der Waals surface area contributed by atoms with Gasteiger partial charge in [-0.25, -0.2) is 4.39 Å². The van der Waals surface area contributed by atoms with E-state index in [-0.39, 0.29) is 16.9 Å². The van der Waals surface area contributed by atoms with Gasteiger partial charge in [-0.3, -0.25) is 0 Å². The second kappa shape index (κ2) is 5.98. The lowest BCUT2D eigenvalue weighted by atomic mass is 9.99. The van der Waals surface area contributed by atoms with E-state index in [1.807, 2.05) is 25.2 Å². The summed E-state index contributed by atoms with van der Waals surface area (Å²) in [5, 5.41) is 3.44. The predicted octanol–water partition coefficient (Wildman–Crippen LogP) is 3.98. The van der Waals surface area contributed by atoms with Crippen molar-refractivity contribution in [3.05, 3.63) is 70.5 Å². The number of hydrogen-bond donors (Lipinski definition) is 1. The molecule has 3 heteroatoms. The molecule has 2 rings (SSSR count). The zero-order valence-electron chi connectivity index (χ0n) is 10.2. The topological polar surface area (TPSA) is 12.0 Å². The van der Waals surface area contributed by atoms with E-state index in [9.17, 15) is 4.39 Å². The van der Waals surface area contributed by atoms with Crippen molar-refractivity contribution in [1.29, 1.82) is 0 Å². The second-order valence-corrected chi connectivity index (χ2v) is 4.61. The van der Waals surface area contributed by atoms with E-state index in [0.29, 0.717) is 0 Å². The lowest BCUT2D eigenvalue weighted by molar-refractivity contribution is 0.589. The molecule has 1 nitrogen and oxygen atoms in total. The van der Waals surface area contributed by atoms with Gasteiger partial charge in [0.1, 0.15) is 5.82 Å². The van der Waals surface area contributed by atoms with Crippen LogP contribution in [-0.4, -0.2) is 7.05 Å². The van der Waals surface area contributed by atoms with Crippen molar-refractivity contribution >= 4 is 11.6 Å². The largest absolute Gasteiger partial charge is 0.313 e. The monoisotopic (exact) mass is 263 g/mol. The van der Waals surface area contributed by atoms with Crippen LogP contribution in [0.4, 0.5) is 4.39 Å². The first-order chi connectivity index (χ1) is 8.70. The number of benzene rings is 2. The van der Waals surface area contributed by atoms with Crippen molar-refractivity contribution in [1.82, 2.24) is 5.32 Å². The molecule has 1 unspecified atom stereocenters. The van der Waals surface area contributed by atoms with Crippen LogP contribution in [0.5, 0.6) is 0 Å². The van der Waals surface area contributed by atoms with E-state index in [1.165, 1.54) is 11.6 Å². The summed E-state index contributed by atoms with van der Waals surface area (Å²) < 4.78 is 13.1. The highest BCUT2D eigenvalue weighted by atomic mass is 35.5. The second-order valence-electron chi connectivity index (χ2n) is 4.20.